The summed E-state index contributed by atoms with van der Waals surface area (Å²) in [5.74, 6) is -1.40. The predicted molar refractivity (Wildman–Crippen MR) is 98.6 cm³/mol. The van der Waals surface area contributed by atoms with Crippen LogP contribution in [-0.4, -0.2) is 42.7 Å². The van der Waals surface area contributed by atoms with Crippen molar-refractivity contribution in [3.05, 3.63) is 70.3 Å². The van der Waals surface area contributed by atoms with E-state index in [9.17, 15) is 19.7 Å². The van der Waals surface area contributed by atoms with Gasteiger partial charge in [0.1, 0.15) is 5.56 Å². The molecule has 142 valence electrons. The molecule has 0 aliphatic rings. The second-order valence-electron chi connectivity index (χ2n) is 5.27. The standard InChI is InChI=1S/C16H13N7O4S/c24-14(17-18-15(25)12-8-4-5-9-13(12)23(26)27)10-28-16-19-20-21-22(16)11-6-2-1-3-7-11/h1-9H,10H2,(H,17,24)(H,18,25). The summed E-state index contributed by atoms with van der Waals surface area (Å²) in [7, 11) is 0. The maximum absolute atomic E-state index is 12.1. The molecule has 2 amide bonds. The topological polar surface area (TPSA) is 145 Å². The van der Waals surface area contributed by atoms with Gasteiger partial charge in [0, 0.05) is 6.07 Å². The van der Waals surface area contributed by atoms with Crippen molar-refractivity contribution < 1.29 is 14.5 Å². The molecule has 28 heavy (non-hydrogen) atoms. The normalized spacial score (nSPS) is 10.3. The number of para-hydroxylation sites is 2. The van der Waals surface area contributed by atoms with Crippen molar-refractivity contribution in [1.29, 1.82) is 0 Å². The van der Waals surface area contributed by atoms with Crippen molar-refractivity contribution in [2.45, 2.75) is 5.16 Å². The number of carbonyl (C=O) groups excluding carboxylic acids is 2. The molecule has 0 atom stereocenters. The molecule has 1 aromatic heterocycles. The van der Waals surface area contributed by atoms with Gasteiger partial charge in [-0.15, -0.1) is 5.10 Å². The Balaban J connectivity index is 1.56. The van der Waals surface area contributed by atoms with E-state index < -0.39 is 16.7 Å². The monoisotopic (exact) mass is 399 g/mol. The molecule has 0 fully saturated rings. The second kappa shape index (κ2) is 8.73. The van der Waals surface area contributed by atoms with Crippen molar-refractivity contribution >= 4 is 29.3 Å². The van der Waals surface area contributed by atoms with E-state index in [0.717, 1.165) is 17.4 Å². The Kier molecular flexibility index (Phi) is 5.91. The molecule has 11 nitrogen and oxygen atoms in total. The van der Waals surface area contributed by atoms with E-state index in [1.165, 1.54) is 28.9 Å². The van der Waals surface area contributed by atoms with Crippen molar-refractivity contribution in [2.24, 2.45) is 0 Å². The number of hydrogen-bond acceptors (Lipinski definition) is 8. The Morgan fingerprint density at radius 2 is 1.79 bits per heavy atom. The lowest BCUT2D eigenvalue weighted by Crippen LogP contribution is -2.42. The van der Waals surface area contributed by atoms with Gasteiger partial charge in [0.25, 0.3) is 11.6 Å². The smallest absolute Gasteiger partial charge is 0.272 e. The fourth-order valence-corrected chi connectivity index (χ4v) is 2.88. The zero-order valence-electron chi connectivity index (χ0n) is 14.2. The third-order valence-corrected chi connectivity index (χ3v) is 4.35. The van der Waals surface area contributed by atoms with E-state index in [4.69, 9.17) is 0 Å². The van der Waals surface area contributed by atoms with Gasteiger partial charge in [-0.2, -0.15) is 4.68 Å². The fraction of sp³-hybridized carbons (Fsp3) is 0.0625. The van der Waals surface area contributed by atoms with Crippen LogP contribution in [0.2, 0.25) is 0 Å². The van der Waals surface area contributed by atoms with Crippen molar-refractivity contribution in [3.63, 3.8) is 0 Å². The third-order valence-electron chi connectivity index (χ3n) is 3.43. The van der Waals surface area contributed by atoms with Crippen LogP contribution in [0.15, 0.2) is 59.8 Å². The van der Waals surface area contributed by atoms with Gasteiger partial charge < -0.3 is 0 Å². The van der Waals surface area contributed by atoms with Crippen LogP contribution in [0.5, 0.6) is 0 Å². The first-order chi connectivity index (χ1) is 13.6. The number of hydrogen-bond donors (Lipinski definition) is 2. The number of nitrogens with zero attached hydrogens (tertiary/aromatic N) is 5. The number of nitro benzene ring substituents is 1. The first-order valence-electron chi connectivity index (χ1n) is 7.85. The molecule has 0 radical (unpaired) electrons. The highest BCUT2D eigenvalue weighted by Gasteiger charge is 2.19. The minimum Gasteiger partial charge on any atom is -0.272 e. The molecule has 0 aliphatic carbocycles. The van der Waals surface area contributed by atoms with E-state index in [-0.39, 0.29) is 17.0 Å². The third kappa shape index (κ3) is 4.48. The average molecular weight is 399 g/mol. The van der Waals surface area contributed by atoms with Crippen molar-refractivity contribution in [3.8, 4) is 5.69 Å². The summed E-state index contributed by atoms with van der Waals surface area (Å²) in [5, 5.41) is 22.7. The number of benzene rings is 2. The molecular formula is C16H13N7O4S. The molecule has 0 unspecified atom stereocenters. The lowest BCUT2D eigenvalue weighted by molar-refractivity contribution is -0.385. The number of aromatic nitrogens is 4. The van der Waals surface area contributed by atoms with E-state index in [1.807, 2.05) is 30.3 Å². The number of nitro groups is 1. The van der Waals surface area contributed by atoms with E-state index >= 15 is 0 Å². The number of thioether (sulfide) groups is 1. The van der Waals surface area contributed by atoms with Gasteiger partial charge >= 0.3 is 0 Å². The molecule has 0 spiro atoms. The highest BCUT2D eigenvalue weighted by atomic mass is 32.2. The van der Waals surface area contributed by atoms with Crippen LogP contribution in [0.1, 0.15) is 10.4 Å². The Hall–Kier alpha value is -3.80. The maximum atomic E-state index is 12.1. The Morgan fingerprint density at radius 1 is 1.07 bits per heavy atom. The summed E-state index contributed by atoms with van der Waals surface area (Å²) >= 11 is 1.07. The minimum absolute atomic E-state index is 0.0790. The summed E-state index contributed by atoms with van der Waals surface area (Å²) in [6, 6.07) is 14.6. The second-order valence-corrected chi connectivity index (χ2v) is 6.22. The summed E-state index contributed by atoms with van der Waals surface area (Å²) < 4.78 is 1.48. The number of nitrogens with one attached hydrogen (secondary N) is 2. The summed E-state index contributed by atoms with van der Waals surface area (Å²) in [6.45, 7) is 0. The highest BCUT2D eigenvalue weighted by molar-refractivity contribution is 7.99. The first kappa shape index (κ1) is 19.0. The van der Waals surface area contributed by atoms with E-state index in [2.05, 4.69) is 26.4 Å². The van der Waals surface area contributed by atoms with Crippen LogP contribution in [-0.2, 0) is 4.79 Å². The summed E-state index contributed by atoms with van der Waals surface area (Å²) in [5.41, 5.74) is 4.59. The van der Waals surface area contributed by atoms with Gasteiger partial charge in [0.05, 0.1) is 16.4 Å². The minimum atomic E-state index is -0.792. The fourth-order valence-electron chi connectivity index (χ4n) is 2.19. The number of carbonyl (C=O) groups is 2. The van der Waals surface area contributed by atoms with E-state index in [1.54, 1.807) is 0 Å². The van der Waals surface area contributed by atoms with Gasteiger partial charge in [-0.05, 0) is 28.6 Å². The molecule has 3 rings (SSSR count). The lowest BCUT2D eigenvalue weighted by atomic mass is 10.2. The molecule has 12 heteroatoms. The zero-order valence-corrected chi connectivity index (χ0v) is 15.0. The van der Waals surface area contributed by atoms with Gasteiger partial charge in [0.2, 0.25) is 11.1 Å². The number of tetrazole rings is 1. The van der Waals surface area contributed by atoms with Crippen LogP contribution >= 0.6 is 11.8 Å². The summed E-state index contributed by atoms with van der Waals surface area (Å²) in [6.07, 6.45) is 0. The molecule has 0 bridgehead atoms. The Labute approximate surface area is 162 Å². The Bertz CT molecular complexity index is 1010. The molecule has 0 aliphatic heterocycles. The van der Waals surface area contributed by atoms with Crippen LogP contribution < -0.4 is 10.9 Å². The SMILES string of the molecule is O=C(CSc1nnnn1-c1ccccc1)NNC(=O)c1ccccc1[N+](=O)[O-]. The molecule has 3 aromatic rings. The number of rotatable bonds is 6. The van der Waals surface area contributed by atoms with Crippen LogP contribution in [0, 0.1) is 10.1 Å². The molecule has 0 saturated heterocycles. The molecule has 2 aromatic carbocycles. The van der Waals surface area contributed by atoms with E-state index in [0.29, 0.717) is 5.16 Å². The average Bonchev–Trinajstić information content (AvgIpc) is 3.19. The maximum Gasteiger partial charge on any atom is 0.282 e. The van der Waals surface area contributed by atoms with Crippen LogP contribution in [0.4, 0.5) is 5.69 Å². The molecule has 2 N–H and O–H groups in total. The Morgan fingerprint density at radius 3 is 2.54 bits per heavy atom. The molecular weight excluding hydrogens is 386 g/mol. The first-order valence-corrected chi connectivity index (χ1v) is 8.84. The predicted octanol–water partition coefficient (Wildman–Crippen LogP) is 1.12. The number of amides is 2. The van der Waals surface area contributed by atoms with Crippen LogP contribution in [0.3, 0.4) is 0 Å². The number of hydrazine groups is 1. The van der Waals surface area contributed by atoms with Gasteiger partial charge in [0.15, 0.2) is 0 Å². The molecule has 0 saturated carbocycles. The van der Waals surface area contributed by atoms with Crippen molar-refractivity contribution in [2.75, 3.05) is 5.75 Å². The van der Waals surface area contributed by atoms with Gasteiger partial charge in [-0.3, -0.25) is 30.6 Å². The van der Waals surface area contributed by atoms with Gasteiger partial charge in [-0.25, -0.2) is 0 Å². The van der Waals surface area contributed by atoms with Gasteiger partial charge in [-0.1, -0.05) is 42.1 Å². The van der Waals surface area contributed by atoms with Crippen molar-refractivity contribution in [1.82, 2.24) is 31.1 Å². The van der Waals surface area contributed by atoms with Crippen LogP contribution in [0.25, 0.3) is 5.69 Å². The quantitative estimate of drug-likeness (QED) is 0.356. The molecule has 1 heterocycles. The largest absolute Gasteiger partial charge is 0.282 e. The zero-order chi connectivity index (χ0) is 19.9. The highest BCUT2D eigenvalue weighted by Crippen LogP contribution is 2.18. The summed E-state index contributed by atoms with van der Waals surface area (Å²) in [4.78, 5) is 34.3. The lowest BCUT2D eigenvalue weighted by Gasteiger charge is -2.07.